The molecule has 2 amide bonds. The third-order valence-electron chi connectivity index (χ3n) is 4.21. The van der Waals surface area contributed by atoms with Gasteiger partial charge in [0.15, 0.2) is 0 Å². The summed E-state index contributed by atoms with van der Waals surface area (Å²) in [4.78, 5) is 23.7. The van der Waals surface area contributed by atoms with Crippen molar-refractivity contribution in [2.75, 3.05) is 7.11 Å². The van der Waals surface area contributed by atoms with Crippen LogP contribution in [0.1, 0.15) is 24.8 Å². The zero-order valence-electron chi connectivity index (χ0n) is 12.1. The van der Waals surface area contributed by atoms with Crippen molar-refractivity contribution < 1.29 is 14.3 Å². The molecule has 2 unspecified atom stereocenters. The molecule has 1 N–H and O–H groups in total. The minimum Gasteiger partial charge on any atom is -0.496 e. The number of methoxy groups -OCH3 is 1. The number of ether oxygens (including phenoxy) is 1. The number of nitrogens with one attached hydrogen (secondary N) is 1. The summed E-state index contributed by atoms with van der Waals surface area (Å²) in [5, 5.41) is 4.52. The van der Waals surface area contributed by atoms with Crippen LogP contribution in [-0.4, -0.2) is 18.9 Å². The topological polar surface area (TPSA) is 55.4 Å². The van der Waals surface area contributed by atoms with Gasteiger partial charge >= 0.3 is 0 Å². The van der Waals surface area contributed by atoms with Gasteiger partial charge in [-0.25, -0.2) is 0 Å². The minimum absolute atomic E-state index is 0.160. The van der Waals surface area contributed by atoms with Crippen molar-refractivity contribution in [3.05, 3.63) is 42.0 Å². The van der Waals surface area contributed by atoms with Crippen LogP contribution in [0.15, 0.2) is 36.4 Å². The lowest BCUT2D eigenvalue weighted by Crippen LogP contribution is -2.43. The largest absolute Gasteiger partial charge is 0.496 e. The van der Waals surface area contributed by atoms with Crippen molar-refractivity contribution in [2.45, 2.75) is 19.3 Å². The summed E-state index contributed by atoms with van der Waals surface area (Å²) in [5.41, 5.74) is 0.950. The fourth-order valence-electron chi connectivity index (χ4n) is 3.05. The highest BCUT2D eigenvalue weighted by molar-refractivity contribution is 6.01. The average molecular weight is 283 g/mol. The molecule has 2 aromatic rings. The number of benzene rings is 2. The molecule has 1 fully saturated rings. The molecule has 0 aliphatic carbocycles. The zero-order valence-corrected chi connectivity index (χ0v) is 12.1. The molecule has 0 saturated carbocycles. The molecule has 1 aliphatic rings. The van der Waals surface area contributed by atoms with Crippen molar-refractivity contribution in [3.63, 3.8) is 0 Å². The van der Waals surface area contributed by atoms with E-state index in [2.05, 4.69) is 5.32 Å². The predicted octanol–water partition coefficient (Wildman–Crippen LogP) is 2.61. The van der Waals surface area contributed by atoms with E-state index < -0.39 is 0 Å². The first-order valence-electron chi connectivity index (χ1n) is 7.01. The second-order valence-corrected chi connectivity index (χ2v) is 5.41. The maximum absolute atomic E-state index is 12.0. The van der Waals surface area contributed by atoms with Crippen LogP contribution in [0.5, 0.6) is 5.75 Å². The first-order chi connectivity index (χ1) is 10.1. The molecule has 0 aromatic heterocycles. The molecule has 1 saturated heterocycles. The highest BCUT2D eigenvalue weighted by Crippen LogP contribution is 2.41. The van der Waals surface area contributed by atoms with Crippen LogP contribution in [0.4, 0.5) is 0 Å². The van der Waals surface area contributed by atoms with Crippen LogP contribution < -0.4 is 10.1 Å². The molecule has 0 bridgehead atoms. The van der Waals surface area contributed by atoms with E-state index >= 15 is 0 Å². The maximum Gasteiger partial charge on any atom is 0.230 e. The Morgan fingerprint density at radius 1 is 1.14 bits per heavy atom. The smallest absolute Gasteiger partial charge is 0.230 e. The minimum atomic E-state index is -0.262. The van der Waals surface area contributed by atoms with Crippen LogP contribution in [0.25, 0.3) is 10.8 Å². The zero-order chi connectivity index (χ0) is 15.0. The summed E-state index contributed by atoms with van der Waals surface area (Å²) in [6.45, 7) is 1.85. The Kier molecular flexibility index (Phi) is 3.37. The summed E-state index contributed by atoms with van der Waals surface area (Å²) >= 11 is 0. The number of hydrogen-bond donors (Lipinski definition) is 1. The van der Waals surface area contributed by atoms with E-state index in [-0.39, 0.29) is 23.7 Å². The Balaban J connectivity index is 2.22. The summed E-state index contributed by atoms with van der Waals surface area (Å²) in [5.74, 6) is -0.132. The number of amides is 2. The van der Waals surface area contributed by atoms with Gasteiger partial charge in [0.05, 0.1) is 7.11 Å². The van der Waals surface area contributed by atoms with Crippen LogP contribution in [-0.2, 0) is 9.59 Å². The first kappa shape index (κ1) is 13.6. The lowest BCUT2D eigenvalue weighted by Gasteiger charge is -2.29. The third-order valence-corrected chi connectivity index (χ3v) is 4.21. The molecule has 0 spiro atoms. The SMILES string of the molecule is COc1ccc2ccccc2c1C1CC(=O)NC(=O)C1C. The molecule has 2 aromatic carbocycles. The van der Waals surface area contributed by atoms with Crippen LogP contribution in [0.3, 0.4) is 0 Å². The molecule has 3 rings (SSSR count). The van der Waals surface area contributed by atoms with E-state index in [1.165, 1.54) is 0 Å². The van der Waals surface area contributed by atoms with Gasteiger partial charge in [0.1, 0.15) is 5.75 Å². The lowest BCUT2D eigenvalue weighted by atomic mass is 9.79. The predicted molar refractivity (Wildman–Crippen MR) is 80.2 cm³/mol. The number of piperidine rings is 1. The Hall–Kier alpha value is -2.36. The molecule has 21 heavy (non-hydrogen) atoms. The molecular formula is C17H17NO3. The number of carbonyl (C=O) groups excluding carboxylic acids is 2. The third kappa shape index (κ3) is 2.27. The highest BCUT2D eigenvalue weighted by atomic mass is 16.5. The van der Waals surface area contributed by atoms with Gasteiger partial charge in [-0.15, -0.1) is 0 Å². The quantitative estimate of drug-likeness (QED) is 0.862. The summed E-state index contributed by atoms with van der Waals surface area (Å²) in [6.07, 6.45) is 0.303. The fraction of sp³-hybridized carbons (Fsp3) is 0.294. The number of carbonyl (C=O) groups is 2. The molecule has 108 valence electrons. The molecule has 1 aliphatic heterocycles. The Labute approximate surface area is 123 Å². The van der Waals surface area contributed by atoms with Gasteiger partial charge in [-0.2, -0.15) is 0 Å². The number of fused-ring (bicyclic) bond motifs is 1. The van der Waals surface area contributed by atoms with Gasteiger partial charge in [-0.1, -0.05) is 37.3 Å². The van der Waals surface area contributed by atoms with Gasteiger partial charge in [0.25, 0.3) is 0 Å². The molecule has 1 heterocycles. The van der Waals surface area contributed by atoms with Gasteiger partial charge in [-0.3, -0.25) is 14.9 Å². The van der Waals surface area contributed by atoms with E-state index in [1.54, 1.807) is 7.11 Å². The Morgan fingerprint density at radius 3 is 2.67 bits per heavy atom. The highest BCUT2D eigenvalue weighted by Gasteiger charge is 2.35. The van der Waals surface area contributed by atoms with E-state index in [0.717, 1.165) is 22.1 Å². The van der Waals surface area contributed by atoms with Gasteiger partial charge in [0.2, 0.25) is 11.8 Å². The molecule has 4 nitrogen and oxygen atoms in total. The van der Waals surface area contributed by atoms with Crippen molar-refractivity contribution in [1.29, 1.82) is 0 Å². The number of rotatable bonds is 2. The van der Waals surface area contributed by atoms with Crippen LogP contribution >= 0.6 is 0 Å². The first-order valence-corrected chi connectivity index (χ1v) is 7.01. The average Bonchev–Trinajstić information content (AvgIpc) is 2.50. The standard InChI is InChI=1S/C17H17NO3/c1-10-13(9-15(19)18-17(10)20)16-12-6-4-3-5-11(12)7-8-14(16)21-2/h3-8,10,13H,9H2,1-2H3,(H,18,19,20). The van der Waals surface area contributed by atoms with Crippen molar-refractivity contribution >= 4 is 22.6 Å². The normalized spacial score (nSPS) is 22.2. The summed E-state index contributed by atoms with van der Waals surface area (Å²) in [6, 6.07) is 11.9. The van der Waals surface area contributed by atoms with Gasteiger partial charge in [-0.05, 0) is 16.8 Å². The van der Waals surface area contributed by atoms with Crippen molar-refractivity contribution in [2.24, 2.45) is 5.92 Å². The second kappa shape index (κ2) is 5.20. The van der Waals surface area contributed by atoms with Crippen LogP contribution in [0, 0.1) is 5.92 Å². The Morgan fingerprint density at radius 2 is 1.90 bits per heavy atom. The summed E-state index contributed by atoms with van der Waals surface area (Å²) < 4.78 is 5.48. The molecule has 0 radical (unpaired) electrons. The van der Waals surface area contributed by atoms with Crippen molar-refractivity contribution in [3.8, 4) is 5.75 Å². The van der Waals surface area contributed by atoms with Gasteiger partial charge in [0, 0.05) is 23.8 Å². The number of hydrogen-bond acceptors (Lipinski definition) is 3. The van der Waals surface area contributed by atoms with Gasteiger partial charge < -0.3 is 4.74 Å². The van der Waals surface area contributed by atoms with E-state index in [1.807, 2.05) is 43.3 Å². The van der Waals surface area contributed by atoms with E-state index in [9.17, 15) is 9.59 Å². The lowest BCUT2D eigenvalue weighted by molar-refractivity contribution is -0.136. The van der Waals surface area contributed by atoms with Crippen LogP contribution in [0.2, 0.25) is 0 Å². The maximum atomic E-state index is 12.0. The summed E-state index contributed by atoms with van der Waals surface area (Å²) in [7, 11) is 1.61. The van der Waals surface area contributed by atoms with E-state index in [0.29, 0.717) is 6.42 Å². The van der Waals surface area contributed by atoms with Crippen molar-refractivity contribution in [1.82, 2.24) is 5.32 Å². The Bertz CT molecular complexity index is 723. The number of imide groups is 1. The monoisotopic (exact) mass is 283 g/mol. The molecular weight excluding hydrogens is 266 g/mol. The molecule has 2 atom stereocenters. The fourth-order valence-corrected chi connectivity index (χ4v) is 3.05. The second-order valence-electron chi connectivity index (χ2n) is 5.41. The van der Waals surface area contributed by atoms with E-state index in [4.69, 9.17) is 4.74 Å². The molecule has 4 heteroatoms.